The van der Waals surface area contributed by atoms with Gasteiger partial charge in [0.05, 0.1) is 12.7 Å². The summed E-state index contributed by atoms with van der Waals surface area (Å²) in [4.78, 5) is 12.5. The minimum atomic E-state index is -0.642. The second kappa shape index (κ2) is 7.54. The number of carbonyl (C=O) groups excluding carboxylic acids is 1. The molecule has 6 heteroatoms. The van der Waals surface area contributed by atoms with Crippen LogP contribution >= 0.6 is 0 Å². The maximum Gasteiger partial charge on any atom is 0.311 e. The SMILES string of the molecule is Cc1ccc(-c2nnc([C@@H](C)OC(=O)Cc3coc4c(C)c(C)ccc34)o2)cc1. The van der Waals surface area contributed by atoms with E-state index in [1.165, 1.54) is 0 Å². The van der Waals surface area contributed by atoms with Crippen molar-refractivity contribution in [2.45, 2.75) is 40.2 Å². The molecule has 0 aliphatic heterocycles. The lowest BCUT2D eigenvalue weighted by atomic mass is 10.0. The van der Waals surface area contributed by atoms with Crippen LogP contribution < -0.4 is 0 Å². The maximum absolute atomic E-state index is 12.5. The summed E-state index contributed by atoms with van der Waals surface area (Å²) in [6, 6.07) is 11.8. The molecule has 0 N–H and O–H groups in total. The molecule has 0 bridgehead atoms. The van der Waals surface area contributed by atoms with E-state index in [4.69, 9.17) is 13.6 Å². The van der Waals surface area contributed by atoms with Crippen molar-refractivity contribution in [1.29, 1.82) is 0 Å². The fraction of sp³-hybridized carbons (Fsp3) is 0.261. The highest BCUT2D eigenvalue weighted by Crippen LogP contribution is 2.28. The van der Waals surface area contributed by atoms with Crippen LogP contribution in [0.1, 0.15) is 41.2 Å². The van der Waals surface area contributed by atoms with Crippen LogP contribution in [0.2, 0.25) is 0 Å². The average molecular weight is 390 g/mol. The van der Waals surface area contributed by atoms with Gasteiger partial charge in [0, 0.05) is 16.5 Å². The Labute approximate surface area is 168 Å². The van der Waals surface area contributed by atoms with Crippen molar-refractivity contribution in [2.24, 2.45) is 0 Å². The van der Waals surface area contributed by atoms with Gasteiger partial charge in [-0.15, -0.1) is 10.2 Å². The fourth-order valence-corrected chi connectivity index (χ4v) is 3.18. The average Bonchev–Trinajstić information content (AvgIpc) is 3.33. The highest BCUT2D eigenvalue weighted by atomic mass is 16.6. The van der Waals surface area contributed by atoms with E-state index in [-0.39, 0.29) is 18.3 Å². The molecule has 4 rings (SSSR count). The second-order valence-corrected chi connectivity index (χ2v) is 7.27. The van der Waals surface area contributed by atoms with Gasteiger partial charge in [-0.2, -0.15) is 0 Å². The number of benzene rings is 2. The summed E-state index contributed by atoms with van der Waals surface area (Å²) in [6.45, 7) is 7.76. The van der Waals surface area contributed by atoms with E-state index in [2.05, 4.69) is 10.2 Å². The standard InChI is InChI=1S/C23H22N2O4/c1-13-5-8-17(9-6-13)23-25-24-22(29-23)16(4)28-20(26)11-18-12-27-21-15(3)14(2)7-10-19(18)21/h5-10,12,16H,11H2,1-4H3/t16-/m1/s1. The Morgan fingerprint density at radius 2 is 1.83 bits per heavy atom. The molecule has 1 atom stereocenters. The Hall–Kier alpha value is -3.41. The van der Waals surface area contributed by atoms with Gasteiger partial charge in [0.25, 0.3) is 5.89 Å². The van der Waals surface area contributed by atoms with Crippen molar-refractivity contribution in [3.63, 3.8) is 0 Å². The Bertz CT molecular complexity index is 1170. The molecule has 2 aromatic heterocycles. The fourth-order valence-electron chi connectivity index (χ4n) is 3.18. The number of nitrogens with zero attached hydrogens (tertiary/aromatic N) is 2. The first kappa shape index (κ1) is 18.9. The van der Waals surface area contributed by atoms with E-state index in [0.29, 0.717) is 5.89 Å². The summed E-state index contributed by atoms with van der Waals surface area (Å²) >= 11 is 0. The number of rotatable bonds is 5. The minimum Gasteiger partial charge on any atom is -0.464 e. The van der Waals surface area contributed by atoms with Gasteiger partial charge in [-0.3, -0.25) is 4.79 Å². The highest BCUT2D eigenvalue weighted by molar-refractivity contribution is 5.88. The summed E-state index contributed by atoms with van der Waals surface area (Å²) in [7, 11) is 0. The van der Waals surface area contributed by atoms with Crippen LogP contribution in [0.25, 0.3) is 22.4 Å². The molecule has 2 aromatic carbocycles. The molecule has 4 aromatic rings. The number of hydrogen-bond acceptors (Lipinski definition) is 6. The van der Waals surface area contributed by atoms with Crippen LogP contribution in [-0.4, -0.2) is 16.2 Å². The molecule has 0 fully saturated rings. The molecule has 29 heavy (non-hydrogen) atoms. The number of fused-ring (bicyclic) bond motifs is 1. The van der Waals surface area contributed by atoms with E-state index < -0.39 is 6.10 Å². The number of aryl methyl sites for hydroxylation is 3. The number of furan rings is 1. The topological polar surface area (TPSA) is 78.4 Å². The Kier molecular flexibility index (Phi) is 4.92. The third-order valence-electron chi connectivity index (χ3n) is 5.07. The van der Waals surface area contributed by atoms with Gasteiger partial charge in [-0.25, -0.2) is 0 Å². The summed E-state index contributed by atoms with van der Waals surface area (Å²) in [6.07, 6.45) is 1.08. The van der Waals surface area contributed by atoms with E-state index in [1.807, 2.05) is 57.2 Å². The molecule has 0 unspecified atom stereocenters. The molecule has 2 heterocycles. The van der Waals surface area contributed by atoms with Crippen molar-refractivity contribution in [3.8, 4) is 11.5 Å². The number of ether oxygens (including phenoxy) is 1. The number of aromatic nitrogens is 2. The van der Waals surface area contributed by atoms with Gasteiger partial charge in [0.2, 0.25) is 5.89 Å². The molecule has 6 nitrogen and oxygen atoms in total. The molecule has 0 radical (unpaired) electrons. The van der Waals surface area contributed by atoms with Crippen molar-refractivity contribution in [2.75, 3.05) is 0 Å². The van der Waals surface area contributed by atoms with Gasteiger partial charge in [-0.1, -0.05) is 29.8 Å². The molecule has 0 aliphatic carbocycles. The number of carbonyl (C=O) groups is 1. The van der Waals surface area contributed by atoms with Gasteiger partial charge in [0.1, 0.15) is 5.58 Å². The zero-order valence-corrected chi connectivity index (χ0v) is 16.9. The van der Waals surface area contributed by atoms with Crippen LogP contribution in [0.4, 0.5) is 0 Å². The summed E-state index contributed by atoms with van der Waals surface area (Å²) in [5, 5.41) is 9.01. The maximum atomic E-state index is 12.5. The first-order valence-corrected chi connectivity index (χ1v) is 9.48. The lowest BCUT2D eigenvalue weighted by Crippen LogP contribution is -2.11. The lowest BCUT2D eigenvalue weighted by molar-refractivity contribution is -0.148. The van der Waals surface area contributed by atoms with Crippen LogP contribution in [0.15, 0.2) is 51.5 Å². The smallest absolute Gasteiger partial charge is 0.311 e. The molecule has 0 aliphatic rings. The molecule has 0 amide bonds. The van der Waals surface area contributed by atoms with Gasteiger partial charge in [-0.05, 0) is 51.0 Å². The summed E-state index contributed by atoms with van der Waals surface area (Å²) < 4.78 is 16.9. The van der Waals surface area contributed by atoms with Crippen molar-refractivity contribution in [1.82, 2.24) is 10.2 Å². The van der Waals surface area contributed by atoms with Crippen LogP contribution in [0.3, 0.4) is 0 Å². The first-order chi connectivity index (χ1) is 13.9. The monoisotopic (exact) mass is 390 g/mol. The van der Waals surface area contributed by atoms with Gasteiger partial charge < -0.3 is 13.6 Å². The summed E-state index contributed by atoms with van der Waals surface area (Å²) in [5.74, 6) is 0.278. The van der Waals surface area contributed by atoms with E-state index in [0.717, 1.165) is 38.8 Å². The molecular formula is C23H22N2O4. The van der Waals surface area contributed by atoms with Gasteiger partial charge >= 0.3 is 5.97 Å². The van der Waals surface area contributed by atoms with Crippen molar-refractivity contribution in [3.05, 3.63) is 70.8 Å². The number of hydrogen-bond donors (Lipinski definition) is 0. The largest absolute Gasteiger partial charge is 0.464 e. The second-order valence-electron chi connectivity index (χ2n) is 7.27. The normalized spacial score (nSPS) is 12.3. The van der Waals surface area contributed by atoms with Crippen LogP contribution in [0, 0.1) is 20.8 Å². The zero-order valence-electron chi connectivity index (χ0n) is 16.9. The van der Waals surface area contributed by atoms with Crippen LogP contribution in [-0.2, 0) is 16.0 Å². The Morgan fingerprint density at radius 1 is 1.07 bits per heavy atom. The zero-order chi connectivity index (χ0) is 20.5. The lowest BCUT2D eigenvalue weighted by Gasteiger charge is -2.09. The van der Waals surface area contributed by atoms with Crippen molar-refractivity contribution >= 4 is 16.9 Å². The minimum absolute atomic E-state index is 0.110. The number of esters is 1. The van der Waals surface area contributed by atoms with Crippen LogP contribution in [0.5, 0.6) is 0 Å². The third kappa shape index (κ3) is 3.78. The molecule has 0 saturated heterocycles. The third-order valence-corrected chi connectivity index (χ3v) is 5.07. The summed E-state index contributed by atoms with van der Waals surface area (Å²) in [5.41, 5.74) is 5.79. The molecule has 148 valence electrons. The Morgan fingerprint density at radius 3 is 2.59 bits per heavy atom. The quantitative estimate of drug-likeness (QED) is 0.433. The predicted octanol–water partition coefficient (Wildman–Crippen LogP) is 5.25. The predicted molar refractivity (Wildman–Crippen MR) is 108 cm³/mol. The van der Waals surface area contributed by atoms with Crippen molar-refractivity contribution < 1.29 is 18.4 Å². The van der Waals surface area contributed by atoms with Gasteiger partial charge in [0.15, 0.2) is 6.10 Å². The highest BCUT2D eigenvalue weighted by Gasteiger charge is 2.20. The Balaban J connectivity index is 1.45. The van der Waals surface area contributed by atoms with E-state index in [9.17, 15) is 4.79 Å². The van der Waals surface area contributed by atoms with E-state index in [1.54, 1.807) is 13.2 Å². The first-order valence-electron chi connectivity index (χ1n) is 9.48. The van der Waals surface area contributed by atoms with E-state index >= 15 is 0 Å². The molecule has 0 saturated carbocycles. The molecule has 0 spiro atoms. The molecular weight excluding hydrogens is 368 g/mol.